The number of rotatable bonds is 8. The molecular formula is C17H23ClF3N3O2. The summed E-state index contributed by atoms with van der Waals surface area (Å²) < 4.78 is 38.5. The summed E-state index contributed by atoms with van der Waals surface area (Å²) in [6.45, 7) is 3.80. The number of hydrogen-bond donors (Lipinski definition) is 2. The molecule has 0 spiro atoms. The Balaban J connectivity index is 2.60. The molecule has 26 heavy (non-hydrogen) atoms. The predicted molar refractivity (Wildman–Crippen MR) is 95.1 cm³/mol. The van der Waals surface area contributed by atoms with Crippen molar-refractivity contribution >= 4 is 29.1 Å². The lowest BCUT2D eigenvalue weighted by Gasteiger charge is -2.19. The van der Waals surface area contributed by atoms with Crippen molar-refractivity contribution < 1.29 is 22.8 Å². The maximum absolute atomic E-state index is 12.8. The smallest absolute Gasteiger partial charge is 0.352 e. The molecule has 0 aliphatic rings. The van der Waals surface area contributed by atoms with Crippen LogP contribution in [-0.4, -0.2) is 42.9 Å². The molecule has 5 nitrogen and oxygen atoms in total. The highest BCUT2D eigenvalue weighted by Gasteiger charge is 2.33. The lowest BCUT2D eigenvalue weighted by atomic mass is 10.2. The Kier molecular flexibility index (Phi) is 8.36. The molecular weight excluding hydrogens is 371 g/mol. The second-order valence-electron chi connectivity index (χ2n) is 5.99. The van der Waals surface area contributed by atoms with Gasteiger partial charge in [-0.05, 0) is 38.1 Å². The molecule has 1 rings (SSSR count). The lowest BCUT2D eigenvalue weighted by Crippen LogP contribution is -2.42. The third kappa shape index (κ3) is 7.21. The van der Waals surface area contributed by atoms with Crippen LogP contribution in [0.25, 0.3) is 0 Å². The van der Waals surface area contributed by atoms with Gasteiger partial charge in [0.15, 0.2) is 0 Å². The van der Waals surface area contributed by atoms with Crippen molar-refractivity contribution in [2.75, 3.05) is 25.5 Å². The summed E-state index contributed by atoms with van der Waals surface area (Å²) in [7, 11) is 1.58. The minimum Gasteiger partial charge on any atom is -0.352 e. The van der Waals surface area contributed by atoms with Gasteiger partial charge in [-0.25, -0.2) is 0 Å². The summed E-state index contributed by atoms with van der Waals surface area (Å²) in [4.78, 5) is 25.4. The van der Waals surface area contributed by atoms with Crippen LogP contribution in [-0.2, 0) is 15.8 Å². The number of carbonyl (C=O) groups excluding carboxylic acids is 2. The molecule has 0 aromatic heterocycles. The van der Waals surface area contributed by atoms with E-state index in [1.807, 2.05) is 13.8 Å². The van der Waals surface area contributed by atoms with Crippen molar-refractivity contribution in [2.24, 2.45) is 0 Å². The molecule has 1 aromatic rings. The van der Waals surface area contributed by atoms with Crippen LogP contribution in [0.2, 0.25) is 5.02 Å². The Morgan fingerprint density at radius 1 is 1.15 bits per heavy atom. The van der Waals surface area contributed by atoms with Gasteiger partial charge in [0.25, 0.3) is 0 Å². The van der Waals surface area contributed by atoms with E-state index < -0.39 is 22.7 Å². The van der Waals surface area contributed by atoms with Gasteiger partial charge >= 0.3 is 6.18 Å². The fourth-order valence-corrected chi connectivity index (χ4v) is 2.56. The SMILES string of the molecule is CCC(CC)NC(=O)CN(C)CC(=O)Nc1ccc(Cl)c(C(F)(F)F)c1. The summed E-state index contributed by atoms with van der Waals surface area (Å²) in [5.74, 6) is -0.738. The zero-order valence-corrected chi connectivity index (χ0v) is 15.7. The number of amides is 2. The van der Waals surface area contributed by atoms with Gasteiger partial charge in [0, 0.05) is 11.7 Å². The zero-order chi connectivity index (χ0) is 19.9. The first-order chi connectivity index (χ1) is 12.1. The van der Waals surface area contributed by atoms with Crippen molar-refractivity contribution in [1.82, 2.24) is 10.2 Å². The molecule has 2 N–H and O–H groups in total. The van der Waals surface area contributed by atoms with Gasteiger partial charge in [-0.1, -0.05) is 25.4 Å². The van der Waals surface area contributed by atoms with Gasteiger partial charge in [0.1, 0.15) is 0 Å². The Morgan fingerprint density at radius 2 is 1.73 bits per heavy atom. The molecule has 0 bridgehead atoms. The van der Waals surface area contributed by atoms with Crippen LogP contribution in [0.4, 0.5) is 18.9 Å². The first kappa shape index (κ1) is 22.2. The van der Waals surface area contributed by atoms with Crippen molar-refractivity contribution in [3.8, 4) is 0 Å². The van der Waals surface area contributed by atoms with Crippen LogP contribution in [0.15, 0.2) is 18.2 Å². The van der Waals surface area contributed by atoms with Crippen LogP contribution >= 0.6 is 11.6 Å². The standard InChI is InChI=1S/C17H23ClF3N3O2/c1-4-11(5-2)22-15(25)9-24(3)10-16(26)23-12-6-7-14(18)13(8-12)17(19,20)21/h6-8,11H,4-5,9-10H2,1-3H3,(H,22,25)(H,23,26). The van der Waals surface area contributed by atoms with Crippen molar-refractivity contribution in [3.63, 3.8) is 0 Å². The van der Waals surface area contributed by atoms with Crippen LogP contribution in [0, 0.1) is 0 Å². The van der Waals surface area contributed by atoms with Gasteiger partial charge in [-0.2, -0.15) is 13.2 Å². The van der Waals surface area contributed by atoms with E-state index in [9.17, 15) is 22.8 Å². The van der Waals surface area contributed by atoms with E-state index >= 15 is 0 Å². The minimum atomic E-state index is -4.61. The number of benzene rings is 1. The lowest BCUT2D eigenvalue weighted by molar-refractivity contribution is -0.137. The van der Waals surface area contributed by atoms with Crippen LogP contribution < -0.4 is 10.6 Å². The van der Waals surface area contributed by atoms with E-state index in [0.29, 0.717) is 0 Å². The molecule has 0 heterocycles. The average Bonchev–Trinajstić information content (AvgIpc) is 2.52. The summed E-state index contributed by atoms with van der Waals surface area (Å²) >= 11 is 5.54. The van der Waals surface area contributed by atoms with Crippen LogP contribution in [0.5, 0.6) is 0 Å². The van der Waals surface area contributed by atoms with Crippen LogP contribution in [0.1, 0.15) is 32.3 Å². The van der Waals surface area contributed by atoms with E-state index in [0.717, 1.165) is 25.0 Å². The normalized spacial score (nSPS) is 11.7. The molecule has 9 heteroatoms. The second kappa shape index (κ2) is 9.78. The topological polar surface area (TPSA) is 61.4 Å². The predicted octanol–water partition coefficient (Wildman–Crippen LogP) is 3.53. The third-order valence-electron chi connectivity index (χ3n) is 3.73. The molecule has 2 amide bonds. The number of nitrogens with zero attached hydrogens (tertiary/aromatic N) is 1. The largest absolute Gasteiger partial charge is 0.417 e. The maximum Gasteiger partial charge on any atom is 0.417 e. The molecule has 0 atom stereocenters. The number of alkyl halides is 3. The van der Waals surface area contributed by atoms with Gasteiger partial charge in [0.2, 0.25) is 11.8 Å². The molecule has 146 valence electrons. The first-order valence-electron chi connectivity index (χ1n) is 8.21. The fraction of sp³-hybridized carbons (Fsp3) is 0.529. The maximum atomic E-state index is 12.8. The monoisotopic (exact) mass is 393 g/mol. The summed E-state index contributed by atoms with van der Waals surface area (Å²) in [5.41, 5.74) is -1.03. The molecule has 0 unspecified atom stereocenters. The Bertz CT molecular complexity index is 634. The van der Waals surface area contributed by atoms with Gasteiger partial charge in [-0.3, -0.25) is 14.5 Å². The molecule has 0 saturated carbocycles. The molecule has 0 aliphatic heterocycles. The van der Waals surface area contributed by atoms with E-state index in [4.69, 9.17) is 11.6 Å². The highest BCUT2D eigenvalue weighted by Crippen LogP contribution is 2.36. The van der Waals surface area contributed by atoms with E-state index in [2.05, 4.69) is 10.6 Å². The highest BCUT2D eigenvalue weighted by molar-refractivity contribution is 6.31. The highest BCUT2D eigenvalue weighted by atomic mass is 35.5. The Hall–Kier alpha value is -1.80. The average molecular weight is 394 g/mol. The number of nitrogens with one attached hydrogen (secondary N) is 2. The minimum absolute atomic E-state index is 0.0122. The summed E-state index contributed by atoms with van der Waals surface area (Å²) in [5, 5.41) is 4.79. The number of halogens is 4. The number of anilines is 1. The quantitative estimate of drug-likeness (QED) is 0.710. The van der Waals surface area contributed by atoms with Crippen molar-refractivity contribution in [2.45, 2.75) is 38.9 Å². The van der Waals surface area contributed by atoms with Crippen molar-refractivity contribution in [3.05, 3.63) is 28.8 Å². The Morgan fingerprint density at radius 3 is 2.27 bits per heavy atom. The van der Waals surface area contributed by atoms with E-state index in [1.165, 1.54) is 11.0 Å². The van der Waals surface area contributed by atoms with E-state index in [1.54, 1.807) is 7.05 Å². The Labute approximate surface area is 155 Å². The number of hydrogen-bond acceptors (Lipinski definition) is 3. The molecule has 0 fully saturated rings. The second-order valence-corrected chi connectivity index (χ2v) is 6.40. The third-order valence-corrected chi connectivity index (χ3v) is 4.06. The van der Waals surface area contributed by atoms with E-state index in [-0.39, 0.29) is 30.7 Å². The van der Waals surface area contributed by atoms with Crippen molar-refractivity contribution in [1.29, 1.82) is 0 Å². The fourth-order valence-electron chi connectivity index (χ4n) is 2.33. The molecule has 0 saturated heterocycles. The van der Waals surface area contributed by atoms with Crippen LogP contribution in [0.3, 0.4) is 0 Å². The molecule has 0 radical (unpaired) electrons. The number of likely N-dealkylation sites (N-methyl/N-ethyl adjacent to an activating group) is 1. The molecule has 0 aliphatic carbocycles. The van der Waals surface area contributed by atoms with Gasteiger partial charge in [0.05, 0.1) is 23.7 Å². The summed E-state index contributed by atoms with van der Waals surface area (Å²) in [6.07, 6.45) is -2.99. The first-order valence-corrected chi connectivity index (χ1v) is 8.59. The van der Waals surface area contributed by atoms with Gasteiger partial charge in [-0.15, -0.1) is 0 Å². The van der Waals surface area contributed by atoms with Gasteiger partial charge < -0.3 is 10.6 Å². The summed E-state index contributed by atoms with van der Waals surface area (Å²) in [6, 6.07) is 3.22. The zero-order valence-electron chi connectivity index (χ0n) is 14.9. The number of carbonyl (C=O) groups is 2. The molecule has 1 aromatic carbocycles.